The number of aromatic nitrogens is 3. The molecular formula is C11H13N5. The molecule has 0 aliphatic rings. The first-order chi connectivity index (χ1) is 7.75. The maximum atomic E-state index is 4.22. The second-order valence-electron chi connectivity index (χ2n) is 3.43. The maximum absolute atomic E-state index is 4.22. The van der Waals surface area contributed by atoms with Gasteiger partial charge in [0.05, 0.1) is 11.9 Å². The molecule has 0 amide bonds. The number of nitrogens with one attached hydrogen (secondary N) is 1. The molecule has 0 aliphatic heterocycles. The zero-order chi connectivity index (χ0) is 11.4. The Labute approximate surface area is 93.8 Å². The summed E-state index contributed by atoms with van der Waals surface area (Å²) in [6, 6.07) is 5.62. The van der Waals surface area contributed by atoms with Crippen molar-refractivity contribution in [2.45, 2.75) is 6.92 Å². The standard InChI is InChI=1S/C11H13N5/c1-9-10(8-16(2)15-9)7-13-14-11-5-3-4-6-12-11/h3-8H,1-2H3,(H,12,14)/b13-7+. The highest BCUT2D eigenvalue weighted by molar-refractivity contribution is 5.81. The van der Waals surface area contributed by atoms with Gasteiger partial charge in [-0.15, -0.1) is 0 Å². The molecule has 0 aliphatic carbocycles. The fraction of sp³-hybridized carbons (Fsp3) is 0.182. The van der Waals surface area contributed by atoms with Gasteiger partial charge in [-0.25, -0.2) is 4.98 Å². The highest BCUT2D eigenvalue weighted by atomic mass is 15.3. The molecule has 0 fully saturated rings. The molecule has 0 spiro atoms. The van der Waals surface area contributed by atoms with Crippen LogP contribution in [0.3, 0.4) is 0 Å². The van der Waals surface area contributed by atoms with E-state index in [0.29, 0.717) is 0 Å². The third kappa shape index (κ3) is 2.44. The van der Waals surface area contributed by atoms with Crippen LogP contribution in [0.15, 0.2) is 35.7 Å². The first kappa shape index (κ1) is 10.4. The smallest absolute Gasteiger partial charge is 0.146 e. The Hall–Kier alpha value is -2.17. The van der Waals surface area contributed by atoms with Crippen molar-refractivity contribution in [3.05, 3.63) is 41.9 Å². The molecule has 0 saturated carbocycles. The Kier molecular flexibility index (Phi) is 2.95. The minimum atomic E-state index is 0.722. The van der Waals surface area contributed by atoms with E-state index in [1.165, 1.54) is 0 Å². The quantitative estimate of drug-likeness (QED) is 0.624. The minimum Gasteiger partial charge on any atom is -0.275 e. The second-order valence-corrected chi connectivity index (χ2v) is 3.43. The van der Waals surface area contributed by atoms with Crippen molar-refractivity contribution in [2.75, 3.05) is 5.43 Å². The molecule has 0 saturated heterocycles. The molecule has 2 heterocycles. The Morgan fingerprint density at radius 2 is 2.31 bits per heavy atom. The lowest BCUT2D eigenvalue weighted by Crippen LogP contribution is -1.92. The summed E-state index contributed by atoms with van der Waals surface area (Å²) in [6.07, 6.45) is 5.36. The summed E-state index contributed by atoms with van der Waals surface area (Å²) >= 11 is 0. The topological polar surface area (TPSA) is 55.1 Å². The lowest BCUT2D eigenvalue weighted by atomic mass is 10.3. The van der Waals surface area contributed by atoms with Crippen LogP contribution in [0.1, 0.15) is 11.3 Å². The lowest BCUT2D eigenvalue weighted by Gasteiger charge is -1.96. The number of aryl methyl sites for hydroxylation is 2. The number of hydrogen-bond acceptors (Lipinski definition) is 4. The van der Waals surface area contributed by atoms with Crippen LogP contribution in [0.2, 0.25) is 0 Å². The van der Waals surface area contributed by atoms with E-state index in [9.17, 15) is 0 Å². The maximum Gasteiger partial charge on any atom is 0.146 e. The van der Waals surface area contributed by atoms with Crippen molar-refractivity contribution in [1.82, 2.24) is 14.8 Å². The number of pyridine rings is 1. The zero-order valence-electron chi connectivity index (χ0n) is 9.25. The number of nitrogens with zero attached hydrogens (tertiary/aromatic N) is 4. The monoisotopic (exact) mass is 215 g/mol. The summed E-state index contributed by atoms with van der Waals surface area (Å²) in [7, 11) is 1.89. The van der Waals surface area contributed by atoms with Crippen LogP contribution in [-0.2, 0) is 7.05 Å². The molecule has 1 N–H and O–H groups in total. The van der Waals surface area contributed by atoms with Crippen molar-refractivity contribution in [1.29, 1.82) is 0 Å². The van der Waals surface area contributed by atoms with Gasteiger partial charge in [0, 0.05) is 25.0 Å². The van der Waals surface area contributed by atoms with Crippen LogP contribution in [0.4, 0.5) is 5.82 Å². The molecule has 0 bridgehead atoms. The summed E-state index contributed by atoms with van der Waals surface area (Å²) in [4.78, 5) is 4.09. The molecule has 2 aromatic heterocycles. The molecule has 2 rings (SSSR count). The fourth-order valence-corrected chi connectivity index (χ4v) is 1.34. The van der Waals surface area contributed by atoms with E-state index in [4.69, 9.17) is 0 Å². The van der Waals surface area contributed by atoms with Gasteiger partial charge in [0.15, 0.2) is 0 Å². The van der Waals surface area contributed by atoms with Gasteiger partial charge in [-0.05, 0) is 19.1 Å². The van der Waals surface area contributed by atoms with Crippen molar-refractivity contribution < 1.29 is 0 Å². The van der Waals surface area contributed by atoms with E-state index in [-0.39, 0.29) is 0 Å². The van der Waals surface area contributed by atoms with Crippen molar-refractivity contribution >= 4 is 12.0 Å². The third-order valence-electron chi connectivity index (χ3n) is 2.10. The number of hydrazone groups is 1. The highest BCUT2D eigenvalue weighted by Crippen LogP contribution is 2.02. The van der Waals surface area contributed by atoms with E-state index < -0.39 is 0 Å². The Morgan fingerprint density at radius 1 is 1.44 bits per heavy atom. The van der Waals surface area contributed by atoms with Gasteiger partial charge in [-0.1, -0.05) is 6.07 Å². The molecule has 0 unspecified atom stereocenters. The Balaban J connectivity index is 2.03. The minimum absolute atomic E-state index is 0.722. The van der Waals surface area contributed by atoms with Crippen molar-refractivity contribution in [3.8, 4) is 0 Å². The highest BCUT2D eigenvalue weighted by Gasteiger charge is 1.98. The van der Waals surface area contributed by atoms with Crippen LogP contribution in [0.5, 0.6) is 0 Å². The van der Waals surface area contributed by atoms with Crippen molar-refractivity contribution in [2.24, 2.45) is 12.1 Å². The lowest BCUT2D eigenvalue weighted by molar-refractivity contribution is 0.756. The van der Waals surface area contributed by atoms with Gasteiger partial charge in [0.1, 0.15) is 5.82 Å². The van der Waals surface area contributed by atoms with E-state index >= 15 is 0 Å². The van der Waals surface area contributed by atoms with Gasteiger partial charge in [-0.2, -0.15) is 10.2 Å². The predicted octanol–water partition coefficient (Wildman–Crippen LogP) is 1.57. The molecule has 5 nitrogen and oxygen atoms in total. The summed E-state index contributed by atoms with van der Waals surface area (Å²) in [6.45, 7) is 1.95. The van der Waals surface area contributed by atoms with Crippen molar-refractivity contribution in [3.63, 3.8) is 0 Å². The molecule has 0 aromatic carbocycles. The summed E-state index contributed by atoms with van der Waals surface area (Å²) in [5.41, 5.74) is 4.80. The van der Waals surface area contributed by atoms with Crippen LogP contribution < -0.4 is 5.43 Å². The van der Waals surface area contributed by atoms with Gasteiger partial charge in [0.25, 0.3) is 0 Å². The first-order valence-electron chi connectivity index (χ1n) is 4.96. The van der Waals surface area contributed by atoms with Gasteiger partial charge < -0.3 is 0 Å². The first-order valence-corrected chi connectivity index (χ1v) is 4.96. The van der Waals surface area contributed by atoms with Gasteiger partial charge in [-0.3, -0.25) is 10.1 Å². The molecular weight excluding hydrogens is 202 g/mol. The number of rotatable bonds is 3. The van der Waals surface area contributed by atoms with Crippen LogP contribution in [-0.4, -0.2) is 21.0 Å². The number of hydrogen-bond donors (Lipinski definition) is 1. The summed E-state index contributed by atoms with van der Waals surface area (Å²) < 4.78 is 1.76. The third-order valence-corrected chi connectivity index (χ3v) is 2.10. The van der Waals surface area contributed by atoms with Crippen LogP contribution >= 0.6 is 0 Å². The normalized spacial score (nSPS) is 10.9. The Morgan fingerprint density at radius 3 is 2.94 bits per heavy atom. The Bertz CT molecular complexity index is 486. The predicted molar refractivity (Wildman–Crippen MR) is 63.4 cm³/mol. The van der Waals surface area contributed by atoms with Gasteiger partial charge >= 0.3 is 0 Å². The molecule has 2 aromatic rings. The average Bonchev–Trinajstić information content (AvgIpc) is 2.59. The van der Waals surface area contributed by atoms with E-state index in [2.05, 4.69) is 20.6 Å². The fourth-order valence-electron chi connectivity index (χ4n) is 1.34. The SMILES string of the molecule is Cc1nn(C)cc1/C=N/Nc1ccccn1. The summed E-state index contributed by atoms with van der Waals surface area (Å²) in [5, 5.41) is 8.31. The molecule has 82 valence electrons. The average molecular weight is 215 g/mol. The van der Waals surface area contributed by atoms with Crippen LogP contribution in [0, 0.1) is 6.92 Å². The molecule has 16 heavy (non-hydrogen) atoms. The van der Waals surface area contributed by atoms with Crippen LogP contribution in [0.25, 0.3) is 0 Å². The zero-order valence-corrected chi connectivity index (χ0v) is 9.25. The van der Waals surface area contributed by atoms with Gasteiger partial charge in [0.2, 0.25) is 0 Å². The van der Waals surface area contributed by atoms with E-state index in [0.717, 1.165) is 17.1 Å². The largest absolute Gasteiger partial charge is 0.275 e. The summed E-state index contributed by atoms with van der Waals surface area (Å²) in [5.74, 6) is 0.722. The van der Waals surface area contributed by atoms with E-state index in [1.807, 2.05) is 38.4 Å². The molecule has 0 radical (unpaired) electrons. The molecule has 0 atom stereocenters. The second kappa shape index (κ2) is 4.57. The molecule has 5 heteroatoms. The van der Waals surface area contributed by atoms with E-state index in [1.54, 1.807) is 17.1 Å². The number of anilines is 1.